The third-order valence-corrected chi connectivity index (χ3v) is 5.69. The molecule has 0 fully saturated rings. The first kappa shape index (κ1) is 24.8. The van der Waals surface area contributed by atoms with Crippen LogP contribution in [-0.4, -0.2) is 21.6 Å². The van der Waals surface area contributed by atoms with Crippen molar-refractivity contribution in [3.8, 4) is 5.75 Å². The van der Waals surface area contributed by atoms with E-state index in [4.69, 9.17) is 9.15 Å². The summed E-state index contributed by atoms with van der Waals surface area (Å²) in [6.07, 6.45) is 3.19. The summed E-state index contributed by atoms with van der Waals surface area (Å²) in [5.74, 6) is 1.11. The average molecular weight is 487 g/mol. The molecule has 2 aromatic heterocycles. The smallest absolute Gasteiger partial charge is 0.274 e. The Labute approximate surface area is 210 Å². The predicted molar refractivity (Wildman–Crippen MR) is 137 cm³/mol. The van der Waals surface area contributed by atoms with Crippen molar-refractivity contribution in [1.82, 2.24) is 15.1 Å². The second-order valence-electron chi connectivity index (χ2n) is 8.68. The molecule has 0 aliphatic rings. The summed E-state index contributed by atoms with van der Waals surface area (Å²) < 4.78 is 12.8. The highest BCUT2D eigenvalue weighted by Crippen LogP contribution is 2.20. The van der Waals surface area contributed by atoms with Crippen LogP contribution in [-0.2, 0) is 19.7 Å². The quantitative estimate of drug-likeness (QED) is 0.314. The molecule has 8 nitrogen and oxygen atoms in total. The number of carbonyl (C=O) groups is 2. The van der Waals surface area contributed by atoms with Crippen LogP contribution < -0.4 is 15.4 Å². The number of aromatic nitrogens is 2. The number of nitrogens with zero attached hydrogens (tertiary/aromatic N) is 2. The highest BCUT2D eigenvalue weighted by molar-refractivity contribution is 6.08. The molecule has 0 saturated carbocycles. The van der Waals surface area contributed by atoms with E-state index in [2.05, 4.69) is 41.7 Å². The van der Waals surface area contributed by atoms with Gasteiger partial charge in [0.25, 0.3) is 11.8 Å². The van der Waals surface area contributed by atoms with Gasteiger partial charge >= 0.3 is 0 Å². The van der Waals surface area contributed by atoms with Crippen LogP contribution in [0.3, 0.4) is 0 Å². The van der Waals surface area contributed by atoms with Gasteiger partial charge < -0.3 is 19.8 Å². The van der Waals surface area contributed by atoms with Crippen LogP contribution in [0.2, 0.25) is 0 Å². The molecule has 0 atom stereocenters. The second-order valence-corrected chi connectivity index (χ2v) is 8.68. The van der Waals surface area contributed by atoms with Crippen LogP contribution in [0, 0.1) is 0 Å². The zero-order chi connectivity index (χ0) is 25.5. The van der Waals surface area contributed by atoms with E-state index < -0.39 is 5.91 Å². The van der Waals surface area contributed by atoms with Gasteiger partial charge in [-0.25, -0.2) is 0 Å². The van der Waals surface area contributed by atoms with E-state index in [1.54, 1.807) is 41.4 Å². The van der Waals surface area contributed by atoms with Crippen molar-refractivity contribution in [2.45, 2.75) is 46.4 Å². The number of nitrogens with one attached hydrogen (secondary N) is 2. The summed E-state index contributed by atoms with van der Waals surface area (Å²) in [7, 11) is 0. The Balaban J connectivity index is 1.41. The number of benzene rings is 2. The SMILES string of the molecule is CCn1cc(NC(=O)c2cccc(COc3ccc(C(C)C)cc3)c2)c(C(=O)NCc2ccco2)n1. The molecule has 0 unspecified atom stereocenters. The number of rotatable bonds is 10. The number of carbonyl (C=O) groups excluding carboxylic acids is 2. The maximum Gasteiger partial charge on any atom is 0.274 e. The van der Waals surface area contributed by atoms with Crippen molar-refractivity contribution in [2.24, 2.45) is 0 Å². The lowest BCUT2D eigenvalue weighted by Gasteiger charge is -2.10. The van der Waals surface area contributed by atoms with Gasteiger partial charge in [-0.1, -0.05) is 38.1 Å². The van der Waals surface area contributed by atoms with Crippen LogP contribution in [0.1, 0.15) is 64.4 Å². The van der Waals surface area contributed by atoms with E-state index in [0.29, 0.717) is 36.1 Å². The maximum atomic E-state index is 13.0. The fraction of sp³-hybridized carbons (Fsp3) is 0.250. The van der Waals surface area contributed by atoms with E-state index >= 15 is 0 Å². The summed E-state index contributed by atoms with van der Waals surface area (Å²) in [5, 5.41) is 9.90. The van der Waals surface area contributed by atoms with E-state index in [-0.39, 0.29) is 18.1 Å². The van der Waals surface area contributed by atoms with Gasteiger partial charge in [-0.15, -0.1) is 0 Å². The van der Waals surface area contributed by atoms with Crippen LogP contribution in [0.5, 0.6) is 5.75 Å². The molecule has 4 rings (SSSR count). The topological polar surface area (TPSA) is 98.4 Å². The molecule has 0 bridgehead atoms. The zero-order valence-corrected chi connectivity index (χ0v) is 20.7. The fourth-order valence-electron chi connectivity index (χ4n) is 3.62. The Morgan fingerprint density at radius 2 is 1.86 bits per heavy atom. The summed E-state index contributed by atoms with van der Waals surface area (Å²) in [5.41, 5.74) is 3.04. The van der Waals surface area contributed by atoms with Crippen molar-refractivity contribution in [3.05, 3.63) is 101 Å². The highest BCUT2D eigenvalue weighted by Gasteiger charge is 2.19. The first-order valence-electron chi connectivity index (χ1n) is 11.9. The number of hydrogen-bond acceptors (Lipinski definition) is 5. The van der Waals surface area contributed by atoms with Gasteiger partial charge in [0, 0.05) is 18.3 Å². The Morgan fingerprint density at radius 1 is 1.06 bits per heavy atom. The van der Waals surface area contributed by atoms with Crippen molar-refractivity contribution in [1.29, 1.82) is 0 Å². The molecule has 2 N–H and O–H groups in total. The van der Waals surface area contributed by atoms with Crippen LogP contribution >= 0.6 is 0 Å². The first-order valence-corrected chi connectivity index (χ1v) is 11.9. The molecule has 0 aliphatic heterocycles. The molecule has 0 saturated heterocycles. The van der Waals surface area contributed by atoms with E-state index in [0.717, 1.165) is 11.3 Å². The van der Waals surface area contributed by atoms with Gasteiger partial charge in [0.2, 0.25) is 0 Å². The van der Waals surface area contributed by atoms with Crippen molar-refractivity contribution < 1.29 is 18.7 Å². The molecular weight excluding hydrogens is 456 g/mol. The zero-order valence-electron chi connectivity index (χ0n) is 20.7. The van der Waals surface area contributed by atoms with Crippen molar-refractivity contribution >= 4 is 17.5 Å². The van der Waals surface area contributed by atoms with Crippen LogP contribution in [0.4, 0.5) is 5.69 Å². The molecule has 8 heteroatoms. The normalized spacial score (nSPS) is 10.9. The predicted octanol–water partition coefficient (Wildman–Crippen LogP) is 5.38. The highest BCUT2D eigenvalue weighted by atomic mass is 16.5. The lowest BCUT2D eigenvalue weighted by molar-refractivity contribution is 0.0943. The second kappa shape index (κ2) is 11.4. The number of hydrogen-bond donors (Lipinski definition) is 2. The number of amides is 2. The third kappa shape index (κ3) is 6.21. The van der Waals surface area contributed by atoms with E-state index in [1.165, 1.54) is 5.56 Å². The minimum Gasteiger partial charge on any atom is -0.489 e. The molecule has 4 aromatic rings. The molecule has 36 heavy (non-hydrogen) atoms. The monoisotopic (exact) mass is 486 g/mol. The lowest BCUT2D eigenvalue weighted by Crippen LogP contribution is -2.25. The summed E-state index contributed by atoms with van der Waals surface area (Å²) in [6.45, 7) is 7.31. The third-order valence-electron chi connectivity index (χ3n) is 5.69. The molecule has 2 aromatic carbocycles. The van der Waals surface area contributed by atoms with Gasteiger partial charge in [0.05, 0.1) is 18.5 Å². The van der Waals surface area contributed by atoms with Gasteiger partial charge in [-0.2, -0.15) is 5.10 Å². The Kier molecular flexibility index (Phi) is 7.85. The van der Waals surface area contributed by atoms with Gasteiger partial charge in [-0.05, 0) is 60.4 Å². The maximum absolute atomic E-state index is 13.0. The molecular formula is C28H30N4O4. The number of furan rings is 1. The minimum absolute atomic E-state index is 0.140. The molecule has 186 valence electrons. The summed E-state index contributed by atoms with van der Waals surface area (Å²) in [4.78, 5) is 25.8. The molecule has 0 radical (unpaired) electrons. The number of ether oxygens (including phenoxy) is 1. The van der Waals surface area contributed by atoms with Crippen molar-refractivity contribution in [2.75, 3.05) is 5.32 Å². The molecule has 0 spiro atoms. The summed E-state index contributed by atoms with van der Waals surface area (Å²) in [6, 6.07) is 18.8. The van der Waals surface area contributed by atoms with E-state index in [1.807, 2.05) is 31.2 Å². The standard InChI is InChI=1S/C28H30N4O4/c1-4-32-17-25(26(31-32)28(34)29-16-24-9-6-14-35-24)30-27(33)22-8-5-7-20(15-22)18-36-23-12-10-21(11-13-23)19(2)3/h5-15,17,19H,4,16,18H2,1-3H3,(H,29,34)(H,30,33). The molecule has 2 amide bonds. The average Bonchev–Trinajstić information content (AvgIpc) is 3.56. The van der Waals surface area contributed by atoms with Crippen molar-refractivity contribution in [3.63, 3.8) is 0 Å². The van der Waals surface area contributed by atoms with E-state index in [9.17, 15) is 9.59 Å². The number of aryl methyl sites for hydroxylation is 1. The fourth-order valence-corrected chi connectivity index (χ4v) is 3.62. The molecule has 0 aliphatic carbocycles. The Hall–Kier alpha value is -4.33. The largest absolute Gasteiger partial charge is 0.489 e. The Bertz CT molecular complexity index is 1310. The Morgan fingerprint density at radius 3 is 2.56 bits per heavy atom. The minimum atomic E-state index is -0.403. The lowest BCUT2D eigenvalue weighted by atomic mass is 10.0. The number of anilines is 1. The first-order chi connectivity index (χ1) is 17.4. The van der Waals surface area contributed by atoms with Crippen LogP contribution in [0.15, 0.2) is 77.5 Å². The van der Waals surface area contributed by atoms with Gasteiger partial charge in [0.1, 0.15) is 18.1 Å². The summed E-state index contributed by atoms with van der Waals surface area (Å²) >= 11 is 0. The molecule has 2 heterocycles. The van der Waals surface area contributed by atoms with Crippen LogP contribution in [0.25, 0.3) is 0 Å². The van der Waals surface area contributed by atoms with Gasteiger partial charge in [-0.3, -0.25) is 14.3 Å². The van der Waals surface area contributed by atoms with Gasteiger partial charge in [0.15, 0.2) is 5.69 Å².